The average molecular weight is 398 g/mol. The van der Waals surface area contributed by atoms with Gasteiger partial charge < -0.3 is 15.8 Å². The number of nitro groups is 1. The lowest BCUT2D eigenvalue weighted by Gasteiger charge is -2.22. The molecule has 1 aliphatic heterocycles. The first-order chi connectivity index (χ1) is 13.7. The van der Waals surface area contributed by atoms with Crippen molar-refractivity contribution in [2.45, 2.75) is 12.5 Å². The van der Waals surface area contributed by atoms with Crippen LogP contribution in [-0.2, 0) is 10.3 Å². The van der Waals surface area contributed by atoms with E-state index in [0.717, 1.165) is 4.90 Å². The minimum absolute atomic E-state index is 0.0430. The zero-order valence-electron chi connectivity index (χ0n) is 15.5. The largest absolute Gasteiger partial charge is 0.485 e. The van der Waals surface area contributed by atoms with Gasteiger partial charge in [-0.25, -0.2) is 4.79 Å². The van der Waals surface area contributed by atoms with Gasteiger partial charge in [-0.3, -0.25) is 24.6 Å². The number of imide groups is 1. The molecule has 1 saturated heterocycles. The minimum Gasteiger partial charge on any atom is -0.485 e. The summed E-state index contributed by atoms with van der Waals surface area (Å²) in [6.07, 6.45) is 0. The second-order valence-electron chi connectivity index (χ2n) is 6.53. The van der Waals surface area contributed by atoms with Crippen molar-refractivity contribution in [2.75, 3.05) is 13.2 Å². The number of carbonyl (C=O) groups is 3. The van der Waals surface area contributed by atoms with Crippen LogP contribution in [0.3, 0.4) is 0 Å². The zero-order valence-corrected chi connectivity index (χ0v) is 15.5. The molecule has 1 fully saturated rings. The van der Waals surface area contributed by atoms with E-state index in [1.165, 1.54) is 37.3 Å². The molecule has 1 unspecified atom stereocenters. The summed E-state index contributed by atoms with van der Waals surface area (Å²) in [6, 6.07) is 11.3. The Morgan fingerprint density at radius 1 is 1.24 bits per heavy atom. The molecule has 1 heterocycles. The molecule has 1 atom stereocenters. The molecule has 2 aromatic carbocycles. The molecular formula is C19H18N4O6. The first kappa shape index (κ1) is 19.8. The molecule has 0 spiro atoms. The van der Waals surface area contributed by atoms with E-state index >= 15 is 0 Å². The number of ether oxygens (including phenoxy) is 1. The molecule has 0 aromatic heterocycles. The van der Waals surface area contributed by atoms with E-state index in [0.29, 0.717) is 5.56 Å². The maximum atomic E-state index is 12.9. The Kier molecular flexibility index (Phi) is 5.18. The summed E-state index contributed by atoms with van der Waals surface area (Å²) < 4.78 is 5.40. The SMILES string of the molecule is CC1(c2cccc(C(N)=O)c2)NC(=O)N(CCOc2ccccc2[N+](=O)[O-])C1=O. The Hall–Kier alpha value is -3.95. The molecule has 1 aliphatic rings. The summed E-state index contributed by atoms with van der Waals surface area (Å²) in [5, 5.41) is 13.6. The average Bonchev–Trinajstić information content (AvgIpc) is 2.92. The van der Waals surface area contributed by atoms with Gasteiger partial charge in [-0.2, -0.15) is 0 Å². The smallest absolute Gasteiger partial charge is 0.325 e. The van der Waals surface area contributed by atoms with Crippen molar-refractivity contribution in [3.05, 3.63) is 69.8 Å². The first-order valence-corrected chi connectivity index (χ1v) is 8.64. The van der Waals surface area contributed by atoms with E-state index in [-0.39, 0.29) is 30.2 Å². The molecular weight excluding hydrogens is 380 g/mol. The van der Waals surface area contributed by atoms with E-state index in [9.17, 15) is 24.5 Å². The lowest BCUT2D eigenvalue weighted by molar-refractivity contribution is -0.385. The Balaban J connectivity index is 1.73. The number of primary amides is 1. The highest BCUT2D eigenvalue weighted by atomic mass is 16.6. The molecule has 0 aliphatic carbocycles. The van der Waals surface area contributed by atoms with Gasteiger partial charge >= 0.3 is 11.7 Å². The number of para-hydroxylation sites is 2. The number of hydrogen-bond acceptors (Lipinski definition) is 6. The molecule has 10 nitrogen and oxygen atoms in total. The van der Waals surface area contributed by atoms with Gasteiger partial charge in [0.1, 0.15) is 12.1 Å². The number of nitrogens with zero attached hydrogens (tertiary/aromatic N) is 2. The van der Waals surface area contributed by atoms with Gasteiger partial charge in [0.15, 0.2) is 5.75 Å². The van der Waals surface area contributed by atoms with Crippen molar-refractivity contribution >= 4 is 23.5 Å². The molecule has 2 aromatic rings. The van der Waals surface area contributed by atoms with Crippen molar-refractivity contribution in [1.29, 1.82) is 0 Å². The van der Waals surface area contributed by atoms with Crippen LogP contribution in [-0.4, -0.2) is 40.8 Å². The number of carbonyl (C=O) groups excluding carboxylic acids is 3. The third-order valence-electron chi connectivity index (χ3n) is 4.63. The summed E-state index contributed by atoms with van der Waals surface area (Å²) in [5.41, 5.74) is 4.32. The van der Waals surface area contributed by atoms with Gasteiger partial charge in [0, 0.05) is 11.6 Å². The molecule has 0 bridgehead atoms. The fraction of sp³-hybridized carbons (Fsp3) is 0.211. The number of nitrogens with one attached hydrogen (secondary N) is 1. The van der Waals surface area contributed by atoms with Crippen LogP contribution < -0.4 is 15.8 Å². The van der Waals surface area contributed by atoms with Crippen LogP contribution in [0.5, 0.6) is 5.75 Å². The zero-order chi connectivity index (χ0) is 21.2. The highest BCUT2D eigenvalue weighted by molar-refractivity contribution is 6.07. The lowest BCUT2D eigenvalue weighted by Crippen LogP contribution is -2.41. The van der Waals surface area contributed by atoms with Crippen LogP contribution in [0.4, 0.5) is 10.5 Å². The number of urea groups is 1. The van der Waals surface area contributed by atoms with Crippen LogP contribution in [0.1, 0.15) is 22.8 Å². The number of hydrogen-bond donors (Lipinski definition) is 2. The first-order valence-electron chi connectivity index (χ1n) is 8.64. The fourth-order valence-corrected chi connectivity index (χ4v) is 3.06. The molecule has 4 amide bonds. The number of nitrogens with two attached hydrogens (primary N) is 1. The van der Waals surface area contributed by atoms with Gasteiger partial charge in [-0.1, -0.05) is 24.3 Å². The van der Waals surface area contributed by atoms with Crippen LogP contribution >= 0.6 is 0 Å². The third-order valence-corrected chi connectivity index (χ3v) is 4.63. The number of rotatable bonds is 7. The Morgan fingerprint density at radius 3 is 2.66 bits per heavy atom. The molecule has 29 heavy (non-hydrogen) atoms. The van der Waals surface area contributed by atoms with Crippen LogP contribution in [0.15, 0.2) is 48.5 Å². The number of amides is 4. The molecule has 150 valence electrons. The van der Waals surface area contributed by atoms with E-state index in [1.54, 1.807) is 18.2 Å². The van der Waals surface area contributed by atoms with Crippen molar-refractivity contribution < 1.29 is 24.0 Å². The second-order valence-corrected chi connectivity index (χ2v) is 6.53. The molecule has 0 radical (unpaired) electrons. The highest BCUT2D eigenvalue weighted by Crippen LogP contribution is 2.30. The van der Waals surface area contributed by atoms with Crippen molar-refractivity contribution in [3.8, 4) is 5.75 Å². The van der Waals surface area contributed by atoms with Crippen LogP contribution in [0, 0.1) is 10.1 Å². The summed E-state index contributed by atoms with van der Waals surface area (Å²) in [7, 11) is 0. The van der Waals surface area contributed by atoms with E-state index < -0.39 is 28.3 Å². The lowest BCUT2D eigenvalue weighted by atomic mass is 9.90. The summed E-state index contributed by atoms with van der Waals surface area (Å²) >= 11 is 0. The predicted octanol–water partition coefficient (Wildman–Crippen LogP) is 1.54. The topological polar surface area (TPSA) is 145 Å². The van der Waals surface area contributed by atoms with E-state index in [4.69, 9.17) is 10.5 Å². The standard InChI is InChI=1S/C19H18N4O6/c1-19(13-6-4-5-12(11-13)16(20)24)17(25)22(18(26)21-19)9-10-29-15-8-3-2-7-14(15)23(27)28/h2-8,11H,9-10H2,1H3,(H2,20,24)(H,21,26). The summed E-state index contributed by atoms with van der Waals surface area (Å²) in [4.78, 5) is 48.1. The quantitative estimate of drug-likeness (QED) is 0.411. The normalized spacial score (nSPS) is 18.4. The molecule has 3 N–H and O–H groups in total. The van der Waals surface area contributed by atoms with Crippen molar-refractivity contribution in [3.63, 3.8) is 0 Å². The van der Waals surface area contributed by atoms with Gasteiger partial charge in [0.25, 0.3) is 5.91 Å². The molecule has 3 rings (SSSR count). The van der Waals surface area contributed by atoms with Gasteiger partial charge in [-0.05, 0) is 30.7 Å². The van der Waals surface area contributed by atoms with E-state index in [2.05, 4.69) is 5.32 Å². The Labute approximate surface area is 165 Å². The monoisotopic (exact) mass is 398 g/mol. The second kappa shape index (κ2) is 7.58. The van der Waals surface area contributed by atoms with E-state index in [1.807, 2.05) is 0 Å². The van der Waals surface area contributed by atoms with Gasteiger partial charge in [-0.15, -0.1) is 0 Å². The molecule has 0 saturated carbocycles. The Bertz CT molecular complexity index is 1010. The maximum Gasteiger partial charge on any atom is 0.325 e. The maximum absolute atomic E-state index is 12.9. The Morgan fingerprint density at radius 2 is 1.97 bits per heavy atom. The van der Waals surface area contributed by atoms with Crippen LogP contribution in [0.25, 0.3) is 0 Å². The summed E-state index contributed by atoms with van der Waals surface area (Å²) in [5.74, 6) is -1.14. The molecule has 10 heteroatoms. The predicted molar refractivity (Wildman–Crippen MR) is 101 cm³/mol. The van der Waals surface area contributed by atoms with Crippen molar-refractivity contribution in [2.24, 2.45) is 5.73 Å². The fourth-order valence-electron chi connectivity index (χ4n) is 3.06. The van der Waals surface area contributed by atoms with Crippen LogP contribution in [0.2, 0.25) is 0 Å². The number of benzene rings is 2. The number of nitro benzene ring substituents is 1. The minimum atomic E-state index is -1.37. The highest BCUT2D eigenvalue weighted by Gasteiger charge is 2.49. The summed E-state index contributed by atoms with van der Waals surface area (Å²) in [6.45, 7) is 1.29. The van der Waals surface area contributed by atoms with Gasteiger partial charge in [0.05, 0.1) is 11.5 Å². The van der Waals surface area contributed by atoms with Crippen molar-refractivity contribution in [1.82, 2.24) is 10.2 Å². The van der Waals surface area contributed by atoms with Gasteiger partial charge in [0.2, 0.25) is 5.91 Å². The third kappa shape index (κ3) is 3.72.